The number of aromatic nitrogens is 1. The topological polar surface area (TPSA) is 65.2 Å². The summed E-state index contributed by atoms with van der Waals surface area (Å²) < 4.78 is 19.6. The zero-order valence-electron chi connectivity index (χ0n) is 12.8. The van der Waals surface area contributed by atoms with Gasteiger partial charge in [0.1, 0.15) is 11.4 Å². The number of hydrogen-bond acceptors (Lipinski definition) is 3. The van der Waals surface area contributed by atoms with E-state index in [1.807, 2.05) is 0 Å². The molecule has 3 rings (SSSR count). The van der Waals surface area contributed by atoms with Gasteiger partial charge in [0.15, 0.2) is 11.6 Å². The fourth-order valence-corrected chi connectivity index (χ4v) is 3.17. The normalized spacial score (nSPS) is 15.3. The van der Waals surface area contributed by atoms with Gasteiger partial charge in [0, 0.05) is 11.8 Å². The van der Waals surface area contributed by atoms with Crippen molar-refractivity contribution in [3.63, 3.8) is 0 Å². The van der Waals surface area contributed by atoms with Gasteiger partial charge in [0.25, 0.3) is 5.91 Å². The minimum atomic E-state index is -0.579. The predicted molar refractivity (Wildman–Crippen MR) is 85.1 cm³/mol. The first-order valence-electron chi connectivity index (χ1n) is 7.88. The summed E-state index contributed by atoms with van der Waals surface area (Å²) in [6.07, 6.45) is 6.77. The molecule has 1 heterocycles. The Morgan fingerprint density at radius 1 is 1.13 bits per heavy atom. The summed E-state index contributed by atoms with van der Waals surface area (Å²) in [5.41, 5.74) is 6.42. The van der Waals surface area contributed by atoms with Gasteiger partial charge in [0.05, 0.1) is 0 Å². The number of halogens is 1. The summed E-state index contributed by atoms with van der Waals surface area (Å²) in [6, 6.07) is 7.87. The van der Waals surface area contributed by atoms with Crippen LogP contribution in [0.3, 0.4) is 0 Å². The minimum Gasteiger partial charge on any atom is -0.454 e. The van der Waals surface area contributed by atoms with Crippen LogP contribution in [0.2, 0.25) is 0 Å². The molecule has 0 bridgehead atoms. The van der Waals surface area contributed by atoms with Crippen LogP contribution in [0.1, 0.15) is 54.1 Å². The Kier molecular flexibility index (Phi) is 4.55. The molecule has 1 amide bonds. The van der Waals surface area contributed by atoms with Crippen molar-refractivity contribution in [2.75, 3.05) is 0 Å². The average Bonchev–Trinajstić information content (AvgIpc) is 2.57. The molecule has 0 aliphatic heterocycles. The van der Waals surface area contributed by atoms with Crippen LogP contribution >= 0.6 is 0 Å². The lowest BCUT2D eigenvalue weighted by atomic mass is 9.83. The number of pyridine rings is 1. The summed E-state index contributed by atoms with van der Waals surface area (Å²) >= 11 is 0. The second kappa shape index (κ2) is 6.77. The van der Waals surface area contributed by atoms with Crippen molar-refractivity contribution in [3.8, 4) is 11.5 Å². The third-order valence-corrected chi connectivity index (χ3v) is 4.25. The molecule has 1 aromatic carbocycles. The van der Waals surface area contributed by atoms with Crippen LogP contribution in [0.4, 0.5) is 4.39 Å². The van der Waals surface area contributed by atoms with Crippen molar-refractivity contribution in [3.05, 3.63) is 53.6 Å². The number of hydrogen-bond donors (Lipinski definition) is 1. The number of amides is 1. The molecule has 1 aromatic heterocycles. The smallest absolute Gasteiger partial charge is 0.267 e. The van der Waals surface area contributed by atoms with Crippen LogP contribution < -0.4 is 10.5 Å². The highest BCUT2D eigenvalue weighted by atomic mass is 19.1. The van der Waals surface area contributed by atoms with Crippen LogP contribution in [0.15, 0.2) is 36.5 Å². The number of para-hydroxylation sites is 1. The number of primary amides is 1. The van der Waals surface area contributed by atoms with Crippen molar-refractivity contribution in [2.45, 2.75) is 38.0 Å². The molecule has 0 unspecified atom stereocenters. The number of carbonyl (C=O) groups is 1. The van der Waals surface area contributed by atoms with E-state index in [4.69, 9.17) is 10.5 Å². The summed E-state index contributed by atoms with van der Waals surface area (Å²) in [5, 5.41) is 0. The van der Waals surface area contributed by atoms with Crippen LogP contribution in [0, 0.1) is 5.82 Å². The molecule has 23 heavy (non-hydrogen) atoms. The summed E-state index contributed by atoms with van der Waals surface area (Å²) in [7, 11) is 0. The van der Waals surface area contributed by atoms with Gasteiger partial charge in [-0.1, -0.05) is 31.4 Å². The standard InChI is InChI=1S/C18H19FN2O2/c19-13-8-4-5-9-14(13)23-15-10-11-21-17(18(20)22)16(15)12-6-2-1-3-7-12/h4-5,8-12H,1-3,6-7H2,(H2,20,22). The van der Waals surface area contributed by atoms with E-state index < -0.39 is 11.7 Å². The summed E-state index contributed by atoms with van der Waals surface area (Å²) in [4.78, 5) is 15.9. The van der Waals surface area contributed by atoms with Gasteiger partial charge in [-0.25, -0.2) is 4.39 Å². The lowest BCUT2D eigenvalue weighted by Crippen LogP contribution is -2.19. The Bertz CT molecular complexity index is 712. The molecule has 0 atom stereocenters. The molecule has 0 saturated heterocycles. The average molecular weight is 314 g/mol. The summed E-state index contributed by atoms with van der Waals surface area (Å²) in [5.74, 6) is -0.261. The third kappa shape index (κ3) is 3.33. The highest BCUT2D eigenvalue weighted by Crippen LogP contribution is 2.40. The summed E-state index contributed by atoms with van der Waals surface area (Å²) in [6.45, 7) is 0. The molecule has 2 N–H and O–H groups in total. The second-order valence-corrected chi connectivity index (χ2v) is 5.80. The number of nitrogens with zero attached hydrogens (tertiary/aromatic N) is 1. The third-order valence-electron chi connectivity index (χ3n) is 4.25. The van der Waals surface area contributed by atoms with Crippen molar-refractivity contribution in [1.82, 2.24) is 4.98 Å². The fraction of sp³-hybridized carbons (Fsp3) is 0.333. The van der Waals surface area contributed by atoms with E-state index in [2.05, 4.69) is 4.98 Å². The molecule has 5 heteroatoms. The first-order chi connectivity index (χ1) is 11.2. The number of ether oxygens (including phenoxy) is 1. The van der Waals surface area contributed by atoms with E-state index in [1.54, 1.807) is 24.3 Å². The van der Waals surface area contributed by atoms with Crippen LogP contribution in [-0.4, -0.2) is 10.9 Å². The van der Waals surface area contributed by atoms with Gasteiger partial charge in [-0.3, -0.25) is 9.78 Å². The maximum atomic E-state index is 13.9. The zero-order chi connectivity index (χ0) is 16.2. The zero-order valence-corrected chi connectivity index (χ0v) is 12.8. The van der Waals surface area contributed by atoms with E-state index in [-0.39, 0.29) is 17.4 Å². The van der Waals surface area contributed by atoms with E-state index in [1.165, 1.54) is 18.7 Å². The van der Waals surface area contributed by atoms with Crippen molar-refractivity contribution in [1.29, 1.82) is 0 Å². The SMILES string of the molecule is NC(=O)c1nccc(Oc2ccccc2F)c1C1CCCCC1. The Labute approximate surface area is 134 Å². The molecule has 1 aliphatic rings. The number of benzene rings is 1. The van der Waals surface area contributed by atoms with E-state index >= 15 is 0 Å². The Balaban J connectivity index is 2.03. The van der Waals surface area contributed by atoms with E-state index in [0.29, 0.717) is 11.3 Å². The molecule has 0 spiro atoms. The fourth-order valence-electron chi connectivity index (χ4n) is 3.17. The highest BCUT2D eigenvalue weighted by Gasteiger charge is 2.26. The maximum absolute atomic E-state index is 13.9. The Hall–Kier alpha value is -2.43. The molecular formula is C18H19FN2O2. The predicted octanol–water partition coefficient (Wildman–Crippen LogP) is 4.16. The van der Waals surface area contributed by atoms with Gasteiger partial charge in [-0.2, -0.15) is 0 Å². The Morgan fingerprint density at radius 3 is 2.57 bits per heavy atom. The van der Waals surface area contributed by atoms with Gasteiger partial charge >= 0.3 is 0 Å². The van der Waals surface area contributed by atoms with E-state index in [0.717, 1.165) is 25.7 Å². The van der Waals surface area contributed by atoms with Crippen LogP contribution in [0.25, 0.3) is 0 Å². The minimum absolute atomic E-state index is 0.131. The number of rotatable bonds is 4. The van der Waals surface area contributed by atoms with Gasteiger partial charge in [-0.05, 0) is 37.0 Å². The molecule has 4 nitrogen and oxygen atoms in total. The molecular weight excluding hydrogens is 295 g/mol. The van der Waals surface area contributed by atoms with Crippen molar-refractivity contribution < 1.29 is 13.9 Å². The molecule has 1 saturated carbocycles. The molecule has 1 aliphatic carbocycles. The monoisotopic (exact) mass is 314 g/mol. The lowest BCUT2D eigenvalue weighted by Gasteiger charge is -2.25. The van der Waals surface area contributed by atoms with Crippen LogP contribution in [0.5, 0.6) is 11.5 Å². The molecule has 2 aromatic rings. The number of carbonyl (C=O) groups excluding carboxylic acids is 1. The quantitative estimate of drug-likeness (QED) is 0.921. The Morgan fingerprint density at radius 2 is 1.87 bits per heavy atom. The number of nitrogens with two attached hydrogens (primary N) is 1. The van der Waals surface area contributed by atoms with Gasteiger partial charge < -0.3 is 10.5 Å². The van der Waals surface area contributed by atoms with Crippen LogP contribution in [-0.2, 0) is 0 Å². The lowest BCUT2D eigenvalue weighted by molar-refractivity contribution is 0.0993. The van der Waals surface area contributed by atoms with Crippen molar-refractivity contribution in [2.24, 2.45) is 5.73 Å². The first kappa shape index (κ1) is 15.5. The highest BCUT2D eigenvalue weighted by molar-refractivity contribution is 5.93. The second-order valence-electron chi connectivity index (χ2n) is 5.80. The first-order valence-corrected chi connectivity index (χ1v) is 7.88. The van der Waals surface area contributed by atoms with Gasteiger partial charge in [0.2, 0.25) is 0 Å². The molecule has 120 valence electrons. The molecule has 0 radical (unpaired) electrons. The molecule has 1 fully saturated rings. The largest absolute Gasteiger partial charge is 0.454 e. The van der Waals surface area contributed by atoms with Crippen molar-refractivity contribution >= 4 is 5.91 Å². The van der Waals surface area contributed by atoms with E-state index in [9.17, 15) is 9.18 Å². The van der Waals surface area contributed by atoms with Gasteiger partial charge in [-0.15, -0.1) is 0 Å². The maximum Gasteiger partial charge on any atom is 0.267 e.